The standard InChI is InChI=1S/C17H10F3NO3/c18-17(19,20)12-2-4-13(5-3-12)24-15-9-21-8-11-7-10(16(22)23)1-6-14(11)15/h1-9H,(H,22,23). The van der Waals surface area contributed by atoms with E-state index in [1.54, 1.807) is 6.07 Å². The average molecular weight is 333 g/mol. The Kier molecular flexibility index (Phi) is 3.84. The fraction of sp³-hybridized carbons (Fsp3) is 0.0588. The first kappa shape index (κ1) is 15.8. The van der Waals surface area contributed by atoms with Crippen LogP contribution in [0.15, 0.2) is 54.9 Å². The second kappa shape index (κ2) is 5.84. The molecule has 3 rings (SSSR count). The van der Waals surface area contributed by atoms with E-state index in [0.29, 0.717) is 16.5 Å². The van der Waals surface area contributed by atoms with Gasteiger partial charge < -0.3 is 9.84 Å². The van der Waals surface area contributed by atoms with Gasteiger partial charge in [-0.3, -0.25) is 4.98 Å². The number of hydrogen-bond acceptors (Lipinski definition) is 3. The van der Waals surface area contributed by atoms with Crippen LogP contribution < -0.4 is 4.74 Å². The van der Waals surface area contributed by atoms with Crippen molar-refractivity contribution in [3.8, 4) is 11.5 Å². The van der Waals surface area contributed by atoms with Gasteiger partial charge in [-0.1, -0.05) is 0 Å². The summed E-state index contributed by atoms with van der Waals surface area (Å²) in [5, 5.41) is 10.2. The van der Waals surface area contributed by atoms with Crippen LogP contribution in [0, 0.1) is 0 Å². The molecule has 0 saturated carbocycles. The lowest BCUT2D eigenvalue weighted by Gasteiger charge is -2.10. The van der Waals surface area contributed by atoms with E-state index in [4.69, 9.17) is 9.84 Å². The number of hydrogen-bond donors (Lipinski definition) is 1. The van der Waals surface area contributed by atoms with E-state index in [9.17, 15) is 18.0 Å². The molecule has 0 amide bonds. The number of carboxylic acids is 1. The highest BCUT2D eigenvalue weighted by molar-refractivity contribution is 5.96. The number of benzene rings is 2. The Morgan fingerprint density at radius 3 is 2.38 bits per heavy atom. The normalized spacial score (nSPS) is 11.5. The van der Waals surface area contributed by atoms with Crippen LogP contribution in [0.25, 0.3) is 10.8 Å². The molecule has 0 spiro atoms. The van der Waals surface area contributed by atoms with Gasteiger partial charge >= 0.3 is 12.1 Å². The van der Waals surface area contributed by atoms with Gasteiger partial charge in [0.05, 0.1) is 17.3 Å². The molecule has 2 aromatic carbocycles. The Balaban J connectivity index is 1.94. The fourth-order valence-electron chi connectivity index (χ4n) is 2.20. The molecule has 7 heteroatoms. The molecular weight excluding hydrogens is 323 g/mol. The molecule has 0 atom stereocenters. The summed E-state index contributed by atoms with van der Waals surface area (Å²) in [4.78, 5) is 15.0. The molecule has 0 bridgehead atoms. The van der Waals surface area contributed by atoms with Crippen LogP contribution in [0.1, 0.15) is 15.9 Å². The van der Waals surface area contributed by atoms with Gasteiger partial charge in [-0.05, 0) is 42.5 Å². The third kappa shape index (κ3) is 3.15. The van der Waals surface area contributed by atoms with Crippen molar-refractivity contribution in [1.82, 2.24) is 4.98 Å². The number of carboxylic acid groups (broad SMARTS) is 1. The lowest BCUT2D eigenvalue weighted by atomic mass is 10.1. The zero-order valence-corrected chi connectivity index (χ0v) is 12.0. The maximum absolute atomic E-state index is 12.6. The first-order valence-corrected chi connectivity index (χ1v) is 6.81. The first-order valence-electron chi connectivity index (χ1n) is 6.81. The third-order valence-electron chi connectivity index (χ3n) is 3.38. The maximum Gasteiger partial charge on any atom is 0.416 e. The Labute approximate surface area is 134 Å². The second-order valence-electron chi connectivity index (χ2n) is 5.00. The minimum atomic E-state index is -4.41. The van der Waals surface area contributed by atoms with Gasteiger partial charge in [0.1, 0.15) is 5.75 Å². The smallest absolute Gasteiger partial charge is 0.416 e. The maximum atomic E-state index is 12.6. The molecule has 0 aliphatic rings. The Hall–Kier alpha value is -3.09. The molecule has 0 aliphatic heterocycles. The SMILES string of the molecule is O=C(O)c1ccc2c(Oc3ccc(C(F)(F)F)cc3)cncc2c1. The summed E-state index contributed by atoms with van der Waals surface area (Å²) < 4.78 is 43.3. The van der Waals surface area contributed by atoms with Crippen molar-refractivity contribution in [1.29, 1.82) is 0 Å². The van der Waals surface area contributed by atoms with Crippen LogP contribution in [0.5, 0.6) is 11.5 Å². The minimum absolute atomic E-state index is 0.107. The number of aromatic nitrogens is 1. The van der Waals surface area contributed by atoms with Gasteiger partial charge in [0.15, 0.2) is 5.75 Å². The summed E-state index contributed by atoms with van der Waals surface area (Å²) in [6.07, 6.45) is -1.51. The van der Waals surface area contributed by atoms with Crippen LogP contribution in [0.2, 0.25) is 0 Å². The van der Waals surface area contributed by atoms with Crippen molar-refractivity contribution >= 4 is 16.7 Å². The van der Waals surface area contributed by atoms with Crippen LogP contribution >= 0.6 is 0 Å². The van der Waals surface area contributed by atoms with E-state index in [2.05, 4.69) is 4.98 Å². The minimum Gasteiger partial charge on any atom is -0.478 e. The predicted octanol–water partition coefficient (Wildman–Crippen LogP) is 4.74. The predicted molar refractivity (Wildman–Crippen MR) is 80.2 cm³/mol. The van der Waals surface area contributed by atoms with E-state index in [1.807, 2.05) is 0 Å². The highest BCUT2D eigenvalue weighted by atomic mass is 19.4. The van der Waals surface area contributed by atoms with Crippen molar-refractivity contribution in [2.75, 3.05) is 0 Å². The summed E-state index contributed by atoms with van der Waals surface area (Å²) in [7, 11) is 0. The molecule has 122 valence electrons. The van der Waals surface area contributed by atoms with E-state index in [0.717, 1.165) is 12.1 Å². The van der Waals surface area contributed by atoms with E-state index < -0.39 is 17.7 Å². The summed E-state index contributed by atoms with van der Waals surface area (Å²) >= 11 is 0. The van der Waals surface area contributed by atoms with Crippen LogP contribution in [0.4, 0.5) is 13.2 Å². The van der Waals surface area contributed by atoms with Crippen molar-refractivity contribution in [2.24, 2.45) is 0 Å². The van der Waals surface area contributed by atoms with Gasteiger partial charge in [0, 0.05) is 17.0 Å². The van der Waals surface area contributed by atoms with Crippen LogP contribution in [-0.4, -0.2) is 16.1 Å². The molecule has 24 heavy (non-hydrogen) atoms. The molecule has 4 nitrogen and oxygen atoms in total. The largest absolute Gasteiger partial charge is 0.478 e. The molecule has 0 unspecified atom stereocenters. The average Bonchev–Trinajstić information content (AvgIpc) is 2.54. The van der Waals surface area contributed by atoms with Crippen molar-refractivity contribution < 1.29 is 27.8 Å². The van der Waals surface area contributed by atoms with Gasteiger partial charge in [-0.25, -0.2) is 4.79 Å². The first-order chi connectivity index (χ1) is 11.3. The molecule has 0 fully saturated rings. The third-order valence-corrected chi connectivity index (χ3v) is 3.38. The van der Waals surface area contributed by atoms with E-state index in [1.165, 1.54) is 36.7 Å². The molecule has 1 N–H and O–H groups in total. The second-order valence-corrected chi connectivity index (χ2v) is 5.00. The molecule has 3 aromatic rings. The topological polar surface area (TPSA) is 59.4 Å². The Morgan fingerprint density at radius 1 is 1.04 bits per heavy atom. The number of fused-ring (bicyclic) bond motifs is 1. The monoisotopic (exact) mass is 333 g/mol. The van der Waals surface area contributed by atoms with Crippen LogP contribution in [0.3, 0.4) is 0 Å². The van der Waals surface area contributed by atoms with Crippen molar-refractivity contribution in [3.63, 3.8) is 0 Å². The van der Waals surface area contributed by atoms with Gasteiger partial charge in [0.2, 0.25) is 0 Å². The summed E-state index contributed by atoms with van der Waals surface area (Å²) in [5.74, 6) is -0.519. The number of pyridine rings is 1. The number of halogens is 3. The Morgan fingerprint density at radius 2 is 1.75 bits per heavy atom. The lowest BCUT2D eigenvalue weighted by molar-refractivity contribution is -0.137. The lowest BCUT2D eigenvalue weighted by Crippen LogP contribution is -2.04. The molecular formula is C17H10F3NO3. The number of ether oxygens (including phenoxy) is 1. The molecule has 0 radical (unpaired) electrons. The van der Waals surface area contributed by atoms with Crippen molar-refractivity contribution in [2.45, 2.75) is 6.18 Å². The van der Waals surface area contributed by atoms with Crippen molar-refractivity contribution in [3.05, 3.63) is 66.0 Å². The number of alkyl halides is 3. The van der Waals surface area contributed by atoms with Gasteiger partial charge in [-0.15, -0.1) is 0 Å². The number of nitrogens with zero attached hydrogens (tertiary/aromatic N) is 1. The molecule has 1 heterocycles. The van der Waals surface area contributed by atoms with Gasteiger partial charge in [0.25, 0.3) is 0 Å². The highest BCUT2D eigenvalue weighted by Crippen LogP contribution is 2.33. The summed E-state index contributed by atoms with van der Waals surface area (Å²) in [6.45, 7) is 0. The van der Waals surface area contributed by atoms with Gasteiger partial charge in [-0.2, -0.15) is 13.2 Å². The molecule has 0 saturated heterocycles. The van der Waals surface area contributed by atoms with Crippen LogP contribution in [-0.2, 0) is 6.18 Å². The summed E-state index contributed by atoms with van der Waals surface area (Å²) in [5.41, 5.74) is -0.659. The fourth-order valence-corrected chi connectivity index (χ4v) is 2.20. The summed E-state index contributed by atoms with van der Waals surface area (Å²) in [6, 6.07) is 8.72. The highest BCUT2D eigenvalue weighted by Gasteiger charge is 2.30. The Bertz CT molecular complexity index is 905. The molecule has 0 aliphatic carbocycles. The van der Waals surface area contributed by atoms with E-state index >= 15 is 0 Å². The number of carbonyl (C=O) groups is 1. The van der Waals surface area contributed by atoms with E-state index in [-0.39, 0.29) is 11.3 Å². The number of rotatable bonds is 3. The quantitative estimate of drug-likeness (QED) is 0.752. The zero-order valence-electron chi connectivity index (χ0n) is 12.0. The molecule has 1 aromatic heterocycles. The number of aromatic carboxylic acids is 1. The zero-order chi connectivity index (χ0) is 17.3.